The number of aliphatic hydroxyl groups is 1. The molecule has 0 aromatic heterocycles. The third kappa shape index (κ3) is 2.21. The Kier molecular flexibility index (Phi) is 3.43. The van der Waals surface area contributed by atoms with Gasteiger partial charge in [-0.05, 0) is 12.1 Å². The Morgan fingerprint density at radius 2 is 2.36 bits per heavy atom. The zero-order valence-electron chi connectivity index (χ0n) is 7.70. The number of nitriles is 1. The van der Waals surface area contributed by atoms with Gasteiger partial charge in [-0.2, -0.15) is 5.26 Å². The molecule has 0 saturated heterocycles. The van der Waals surface area contributed by atoms with Crippen LogP contribution in [0, 0.1) is 17.1 Å². The third-order valence-electron chi connectivity index (χ3n) is 1.84. The van der Waals surface area contributed by atoms with Gasteiger partial charge in [0.15, 0.2) is 0 Å². The van der Waals surface area contributed by atoms with Crippen LogP contribution < -0.4 is 4.74 Å². The highest BCUT2D eigenvalue weighted by atomic mass is 19.1. The Hall–Kier alpha value is -1.60. The average Bonchev–Trinajstić information content (AvgIpc) is 2.17. The van der Waals surface area contributed by atoms with Crippen LogP contribution in [0.3, 0.4) is 0 Å². The minimum atomic E-state index is -0.935. The van der Waals surface area contributed by atoms with E-state index in [9.17, 15) is 9.50 Å². The number of nitrogens with zero attached hydrogens (tertiary/aromatic N) is 1. The topological polar surface area (TPSA) is 53.2 Å². The molecule has 4 heteroatoms. The Balaban J connectivity index is 3.02. The molecule has 1 rings (SSSR count). The lowest BCUT2D eigenvalue weighted by atomic mass is 10.1. The van der Waals surface area contributed by atoms with E-state index in [1.165, 1.54) is 25.3 Å². The zero-order valence-corrected chi connectivity index (χ0v) is 7.70. The Labute approximate surface area is 81.4 Å². The first kappa shape index (κ1) is 10.5. The van der Waals surface area contributed by atoms with Crippen molar-refractivity contribution in [3.05, 3.63) is 29.6 Å². The van der Waals surface area contributed by atoms with E-state index in [1.807, 2.05) is 6.07 Å². The van der Waals surface area contributed by atoms with Crippen LogP contribution >= 0.6 is 0 Å². The molecule has 1 atom stereocenters. The number of rotatable bonds is 3. The van der Waals surface area contributed by atoms with Gasteiger partial charge in [-0.15, -0.1) is 0 Å². The van der Waals surface area contributed by atoms with Crippen LogP contribution in [0.5, 0.6) is 5.75 Å². The summed E-state index contributed by atoms with van der Waals surface area (Å²) in [5.74, 6) is -0.178. The van der Waals surface area contributed by atoms with E-state index < -0.39 is 11.9 Å². The van der Waals surface area contributed by atoms with Crippen LogP contribution in [-0.4, -0.2) is 12.2 Å². The summed E-state index contributed by atoms with van der Waals surface area (Å²) in [4.78, 5) is 0. The van der Waals surface area contributed by atoms with Gasteiger partial charge in [0.1, 0.15) is 11.6 Å². The monoisotopic (exact) mass is 195 g/mol. The van der Waals surface area contributed by atoms with Crippen molar-refractivity contribution in [1.29, 1.82) is 5.26 Å². The predicted octanol–water partition coefficient (Wildman–Crippen LogP) is 1.78. The highest BCUT2D eigenvalue weighted by Gasteiger charge is 2.13. The van der Waals surface area contributed by atoms with Gasteiger partial charge in [0.05, 0.1) is 25.7 Å². The summed E-state index contributed by atoms with van der Waals surface area (Å²) in [6.07, 6.45) is -0.974. The van der Waals surface area contributed by atoms with Crippen molar-refractivity contribution in [3.8, 4) is 11.8 Å². The van der Waals surface area contributed by atoms with Crippen LogP contribution in [0.15, 0.2) is 18.2 Å². The largest absolute Gasteiger partial charge is 0.496 e. The van der Waals surface area contributed by atoms with Crippen LogP contribution in [-0.2, 0) is 0 Å². The summed E-state index contributed by atoms with van der Waals surface area (Å²) >= 11 is 0. The number of benzene rings is 1. The van der Waals surface area contributed by atoms with Crippen molar-refractivity contribution in [2.75, 3.05) is 7.11 Å². The molecule has 0 aliphatic rings. The Morgan fingerprint density at radius 3 is 2.93 bits per heavy atom. The number of hydrogen-bond acceptors (Lipinski definition) is 3. The van der Waals surface area contributed by atoms with E-state index in [0.717, 1.165) is 0 Å². The molecule has 1 aromatic carbocycles. The molecule has 0 heterocycles. The molecule has 14 heavy (non-hydrogen) atoms. The molecule has 3 nitrogen and oxygen atoms in total. The highest BCUT2D eigenvalue weighted by Crippen LogP contribution is 2.27. The maximum atomic E-state index is 12.8. The van der Waals surface area contributed by atoms with Gasteiger partial charge in [0, 0.05) is 11.6 Å². The maximum Gasteiger partial charge on any atom is 0.127 e. The molecule has 0 fully saturated rings. The van der Waals surface area contributed by atoms with Gasteiger partial charge < -0.3 is 9.84 Å². The predicted molar refractivity (Wildman–Crippen MR) is 48.1 cm³/mol. The van der Waals surface area contributed by atoms with Crippen LogP contribution in [0.25, 0.3) is 0 Å². The van der Waals surface area contributed by atoms with E-state index in [1.54, 1.807) is 0 Å². The van der Waals surface area contributed by atoms with Gasteiger partial charge in [-0.25, -0.2) is 4.39 Å². The van der Waals surface area contributed by atoms with Crippen molar-refractivity contribution in [2.24, 2.45) is 0 Å². The maximum absolute atomic E-state index is 12.8. The van der Waals surface area contributed by atoms with Crippen LogP contribution in [0.2, 0.25) is 0 Å². The minimum absolute atomic E-state index is 0.0397. The van der Waals surface area contributed by atoms with E-state index >= 15 is 0 Å². The number of hydrogen-bond donors (Lipinski definition) is 1. The van der Waals surface area contributed by atoms with Gasteiger partial charge in [0.25, 0.3) is 0 Å². The molecule has 0 spiro atoms. The number of methoxy groups -OCH3 is 1. The second-order valence-electron chi connectivity index (χ2n) is 2.76. The Morgan fingerprint density at radius 1 is 1.64 bits per heavy atom. The molecule has 74 valence electrons. The SMILES string of the molecule is COc1cc(F)ccc1C(O)CC#N. The number of aliphatic hydroxyl groups excluding tert-OH is 1. The summed E-state index contributed by atoms with van der Waals surface area (Å²) in [6.45, 7) is 0. The summed E-state index contributed by atoms with van der Waals surface area (Å²) in [5, 5.41) is 17.9. The van der Waals surface area contributed by atoms with E-state index in [4.69, 9.17) is 10.00 Å². The average molecular weight is 195 g/mol. The lowest BCUT2D eigenvalue weighted by Crippen LogP contribution is -2.00. The molecule has 1 aromatic rings. The first-order valence-electron chi connectivity index (χ1n) is 4.07. The normalized spacial score (nSPS) is 11.9. The standard InChI is InChI=1S/C10H10FNO2/c1-14-10-6-7(11)2-3-8(10)9(13)4-5-12/h2-3,6,9,13H,4H2,1H3. The number of halogens is 1. The number of ether oxygens (including phenoxy) is 1. The molecule has 0 radical (unpaired) electrons. The zero-order chi connectivity index (χ0) is 10.6. The molecular formula is C10H10FNO2. The lowest BCUT2D eigenvalue weighted by molar-refractivity contribution is 0.178. The van der Waals surface area contributed by atoms with Crippen molar-refractivity contribution in [1.82, 2.24) is 0 Å². The fraction of sp³-hybridized carbons (Fsp3) is 0.300. The first-order valence-corrected chi connectivity index (χ1v) is 4.07. The van der Waals surface area contributed by atoms with E-state index in [-0.39, 0.29) is 12.2 Å². The van der Waals surface area contributed by atoms with Gasteiger partial charge in [0.2, 0.25) is 0 Å². The first-order chi connectivity index (χ1) is 6.69. The second kappa shape index (κ2) is 4.58. The molecule has 1 unspecified atom stereocenters. The highest BCUT2D eigenvalue weighted by molar-refractivity contribution is 5.36. The summed E-state index contributed by atoms with van der Waals surface area (Å²) in [5.41, 5.74) is 0.426. The van der Waals surface area contributed by atoms with Crippen molar-refractivity contribution in [3.63, 3.8) is 0 Å². The summed E-state index contributed by atoms with van der Waals surface area (Å²) in [7, 11) is 1.39. The second-order valence-corrected chi connectivity index (χ2v) is 2.76. The lowest BCUT2D eigenvalue weighted by Gasteiger charge is -2.11. The van der Waals surface area contributed by atoms with Crippen molar-refractivity contribution < 1.29 is 14.2 Å². The van der Waals surface area contributed by atoms with Gasteiger partial charge in [-0.3, -0.25) is 0 Å². The smallest absolute Gasteiger partial charge is 0.127 e. The van der Waals surface area contributed by atoms with Crippen LogP contribution in [0.1, 0.15) is 18.1 Å². The third-order valence-corrected chi connectivity index (χ3v) is 1.84. The molecular weight excluding hydrogens is 185 g/mol. The van der Waals surface area contributed by atoms with Crippen LogP contribution in [0.4, 0.5) is 4.39 Å². The minimum Gasteiger partial charge on any atom is -0.496 e. The quantitative estimate of drug-likeness (QED) is 0.799. The van der Waals surface area contributed by atoms with Crippen molar-refractivity contribution >= 4 is 0 Å². The molecule has 1 N–H and O–H groups in total. The van der Waals surface area contributed by atoms with Crippen molar-refractivity contribution in [2.45, 2.75) is 12.5 Å². The molecule has 0 aliphatic heterocycles. The fourth-order valence-electron chi connectivity index (χ4n) is 1.16. The van der Waals surface area contributed by atoms with E-state index in [2.05, 4.69) is 0 Å². The molecule has 0 bridgehead atoms. The van der Waals surface area contributed by atoms with Gasteiger partial charge in [-0.1, -0.05) is 0 Å². The van der Waals surface area contributed by atoms with E-state index in [0.29, 0.717) is 5.56 Å². The van der Waals surface area contributed by atoms with Gasteiger partial charge >= 0.3 is 0 Å². The molecule has 0 saturated carbocycles. The fourth-order valence-corrected chi connectivity index (χ4v) is 1.16. The molecule has 0 amide bonds. The Bertz CT molecular complexity index is 360. The molecule has 0 aliphatic carbocycles. The summed E-state index contributed by atoms with van der Waals surface area (Å²) < 4.78 is 17.6. The summed E-state index contributed by atoms with van der Waals surface area (Å²) in [6, 6.07) is 5.64.